The van der Waals surface area contributed by atoms with Crippen molar-refractivity contribution in [1.82, 2.24) is 10.3 Å². The molecule has 1 aliphatic rings. The number of alkyl carbamates (subject to hydrolysis) is 1. The van der Waals surface area contributed by atoms with Gasteiger partial charge in [0.1, 0.15) is 5.00 Å². The Morgan fingerprint density at radius 1 is 1.17 bits per heavy atom. The number of carbonyl (C=O) groups is 2. The number of amides is 2. The Morgan fingerprint density at radius 2 is 1.94 bits per heavy atom. The van der Waals surface area contributed by atoms with Crippen LogP contribution in [0, 0.1) is 5.92 Å². The molecule has 0 aliphatic heterocycles. The molecule has 4 N–H and O–H groups in total. The number of nitrogens with zero attached hydrogens (tertiary/aromatic N) is 1. The second-order valence-electron chi connectivity index (χ2n) is 9.17. The lowest BCUT2D eigenvalue weighted by Gasteiger charge is -2.22. The number of hydrogen-bond donors (Lipinski definition) is 3. The fourth-order valence-corrected chi connectivity index (χ4v) is 5.70. The third-order valence-electron chi connectivity index (χ3n) is 6.49. The molecule has 184 valence electrons. The molecular weight excluding hydrogens is 460 g/mol. The fraction of sp³-hybridized carbons (Fsp3) is 0.370. The Morgan fingerprint density at radius 3 is 2.69 bits per heavy atom. The predicted octanol–water partition coefficient (Wildman–Crippen LogP) is 5.45. The number of thiophene rings is 1. The van der Waals surface area contributed by atoms with Crippen LogP contribution in [0.4, 0.5) is 15.5 Å². The molecule has 0 radical (unpaired) electrons. The zero-order valence-electron chi connectivity index (χ0n) is 20.1. The van der Waals surface area contributed by atoms with Crippen LogP contribution >= 0.6 is 11.3 Å². The topological polar surface area (TPSA) is 106 Å². The molecule has 2 aromatic heterocycles. The van der Waals surface area contributed by atoms with Gasteiger partial charge < -0.3 is 21.1 Å². The Hall–Kier alpha value is -3.39. The molecule has 1 aromatic carbocycles. The zero-order valence-corrected chi connectivity index (χ0v) is 20.9. The van der Waals surface area contributed by atoms with Gasteiger partial charge in [-0.3, -0.25) is 9.78 Å². The standard InChI is InChI=1S/C27H32N4O3S/c1-17(20-7-4-3-5-8-20)13-24(32)31-26-25(28)22-11-10-19(14-23(22)35-26)16-34-27(33)30-18(2)21-9-6-12-29-15-21/h3-9,12,15,17-19H,10-11,13-14,16,28H2,1-2H3,(H,30,33)(H,31,32). The number of ether oxygens (including phenoxy) is 1. The number of nitrogens with two attached hydrogens (primary N) is 1. The largest absolute Gasteiger partial charge is 0.449 e. The number of fused-ring (bicyclic) bond motifs is 1. The molecule has 2 heterocycles. The molecule has 7 nitrogen and oxygen atoms in total. The molecule has 1 aliphatic carbocycles. The molecule has 0 spiro atoms. The third kappa shape index (κ3) is 6.39. The Bertz CT molecular complexity index is 1150. The van der Waals surface area contributed by atoms with Crippen LogP contribution in [0.1, 0.15) is 60.2 Å². The van der Waals surface area contributed by atoms with Crippen LogP contribution < -0.4 is 16.4 Å². The van der Waals surface area contributed by atoms with Crippen LogP contribution in [0.25, 0.3) is 0 Å². The number of hydrogen-bond acceptors (Lipinski definition) is 6. The highest BCUT2D eigenvalue weighted by Gasteiger charge is 2.26. The molecule has 0 fully saturated rings. The first-order chi connectivity index (χ1) is 16.9. The average Bonchev–Trinajstić information content (AvgIpc) is 3.17. The molecule has 0 bridgehead atoms. The Kier molecular flexibility index (Phi) is 8.02. The lowest BCUT2D eigenvalue weighted by molar-refractivity contribution is -0.116. The van der Waals surface area contributed by atoms with Gasteiger partial charge in [0.05, 0.1) is 18.3 Å². The van der Waals surface area contributed by atoms with Crippen LogP contribution in [-0.4, -0.2) is 23.6 Å². The average molecular weight is 493 g/mol. The van der Waals surface area contributed by atoms with Gasteiger partial charge >= 0.3 is 6.09 Å². The molecule has 8 heteroatoms. The van der Waals surface area contributed by atoms with E-state index in [1.54, 1.807) is 12.4 Å². The summed E-state index contributed by atoms with van der Waals surface area (Å²) in [4.78, 5) is 30.2. The van der Waals surface area contributed by atoms with E-state index >= 15 is 0 Å². The fourth-order valence-electron chi connectivity index (χ4n) is 4.40. The van der Waals surface area contributed by atoms with E-state index in [2.05, 4.69) is 22.5 Å². The van der Waals surface area contributed by atoms with Crippen molar-refractivity contribution in [3.05, 3.63) is 76.4 Å². The van der Waals surface area contributed by atoms with Gasteiger partial charge in [0.2, 0.25) is 5.91 Å². The molecule has 2 amide bonds. The van der Waals surface area contributed by atoms with Crippen molar-refractivity contribution in [2.24, 2.45) is 5.92 Å². The van der Waals surface area contributed by atoms with E-state index in [-0.39, 0.29) is 23.8 Å². The van der Waals surface area contributed by atoms with Crippen molar-refractivity contribution in [3.8, 4) is 0 Å². The van der Waals surface area contributed by atoms with Gasteiger partial charge in [0.15, 0.2) is 0 Å². The van der Waals surface area contributed by atoms with Gasteiger partial charge in [0, 0.05) is 23.7 Å². The maximum atomic E-state index is 12.7. The molecular formula is C27H32N4O3S. The normalized spacial score (nSPS) is 16.6. The van der Waals surface area contributed by atoms with Crippen LogP contribution in [0.5, 0.6) is 0 Å². The highest BCUT2D eigenvalue weighted by molar-refractivity contribution is 7.17. The van der Waals surface area contributed by atoms with E-state index in [9.17, 15) is 9.59 Å². The van der Waals surface area contributed by atoms with E-state index in [1.807, 2.05) is 49.4 Å². The summed E-state index contributed by atoms with van der Waals surface area (Å²) in [5, 5.41) is 6.60. The van der Waals surface area contributed by atoms with E-state index in [0.29, 0.717) is 18.7 Å². The van der Waals surface area contributed by atoms with Gasteiger partial charge in [-0.2, -0.15) is 0 Å². The minimum Gasteiger partial charge on any atom is -0.449 e. The van der Waals surface area contributed by atoms with Crippen LogP contribution in [0.2, 0.25) is 0 Å². The number of pyridine rings is 1. The number of aromatic nitrogens is 1. The first kappa shape index (κ1) is 24.7. The maximum absolute atomic E-state index is 12.7. The molecule has 3 atom stereocenters. The van der Waals surface area contributed by atoms with E-state index in [0.717, 1.165) is 45.8 Å². The van der Waals surface area contributed by atoms with Crippen LogP contribution in [-0.2, 0) is 22.4 Å². The highest BCUT2D eigenvalue weighted by Crippen LogP contribution is 2.41. The summed E-state index contributed by atoms with van der Waals surface area (Å²) < 4.78 is 5.51. The van der Waals surface area contributed by atoms with Crippen molar-refractivity contribution in [3.63, 3.8) is 0 Å². The summed E-state index contributed by atoms with van der Waals surface area (Å²) in [7, 11) is 0. The molecule has 0 saturated heterocycles. The molecule has 0 saturated carbocycles. The maximum Gasteiger partial charge on any atom is 0.407 e. The molecule has 3 unspecified atom stereocenters. The van der Waals surface area contributed by atoms with Gasteiger partial charge in [-0.1, -0.05) is 43.3 Å². The van der Waals surface area contributed by atoms with E-state index < -0.39 is 6.09 Å². The second-order valence-corrected chi connectivity index (χ2v) is 10.3. The minimum atomic E-state index is -0.432. The minimum absolute atomic E-state index is 0.0362. The highest BCUT2D eigenvalue weighted by atomic mass is 32.1. The van der Waals surface area contributed by atoms with Gasteiger partial charge in [-0.15, -0.1) is 11.3 Å². The van der Waals surface area contributed by atoms with Gasteiger partial charge in [0.25, 0.3) is 0 Å². The van der Waals surface area contributed by atoms with Crippen molar-refractivity contribution in [2.45, 2.75) is 51.5 Å². The molecule has 4 rings (SSSR count). The quantitative estimate of drug-likeness (QED) is 0.388. The van der Waals surface area contributed by atoms with Crippen LogP contribution in [0.15, 0.2) is 54.9 Å². The number of carbonyl (C=O) groups excluding carboxylic acids is 2. The zero-order chi connectivity index (χ0) is 24.8. The van der Waals surface area contributed by atoms with Crippen molar-refractivity contribution >= 4 is 34.0 Å². The van der Waals surface area contributed by atoms with Crippen molar-refractivity contribution in [2.75, 3.05) is 17.7 Å². The predicted molar refractivity (Wildman–Crippen MR) is 139 cm³/mol. The first-order valence-electron chi connectivity index (χ1n) is 12.0. The lowest BCUT2D eigenvalue weighted by Crippen LogP contribution is -2.30. The Balaban J connectivity index is 1.28. The summed E-state index contributed by atoms with van der Waals surface area (Å²) >= 11 is 1.54. The monoisotopic (exact) mass is 492 g/mol. The summed E-state index contributed by atoms with van der Waals surface area (Å²) in [6.07, 6.45) is 5.88. The lowest BCUT2D eigenvalue weighted by atomic mass is 9.89. The van der Waals surface area contributed by atoms with Crippen LogP contribution in [0.3, 0.4) is 0 Å². The molecule has 3 aromatic rings. The van der Waals surface area contributed by atoms with Crippen molar-refractivity contribution in [1.29, 1.82) is 0 Å². The summed E-state index contributed by atoms with van der Waals surface area (Å²) in [5.41, 5.74) is 10.2. The smallest absolute Gasteiger partial charge is 0.407 e. The van der Waals surface area contributed by atoms with Gasteiger partial charge in [-0.05, 0) is 60.8 Å². The van der Waals surface area contributed by atoms with E-state index in [1.165, 1.54) is 11.3 Å². The summed E-state index contributed by atoms with van der Waals surface area (Å²) in [6.45, 7) is 4.30. The second kappa shape index (κ2) is 11.4. The number of nitrogens with one attached hydrogen (secondary N) is 2. The number of rotatable bonds is 8. The number of nitrogen functional groups attached to an aromatic ring is 1. The van der Waals surface area contributed by atoms with E-state index in [4.69, 9.17) is 10.5 Å². The Labute approximate surface area is 210 Å². The van der Waals surface area contributed by atoms with Crippen molar-refractivity contribution < 1.29 is 14.3 Å². The van der Waals surface area contributed by atoms with Gasteiger partial charge in [-0.25, -0.2) is 4.79 Å². The molecule has 35 heavy (non-hydrogen) atoms. The summed E-state index contributed by atoms with van der Waals surface area (Å²) in [5.74, 6) is 0.313. The SMILES string of the molecule is CC(CC(=O)Nc1sc2c(c1N)CCC(COC(=O)NC(C)c1cccnc1)C2)c1ccccc1. The summed E-state index contributed by atoms with van der Waals surface area (Å²) in [6, 6.07) is 13.6. The number of anilines is 2. The number of benzene rings is 1. The third-order valence-corrected chi connectivity index (χ3v) is 7.68. The first-order valence-corrected chi connectivity index (χ1v) is 12.8.